The van der Waals surface area contributed by atoms with Crippen LogP contribution in [0.15, 0.2) is 79.5 Å². The topological polar surface area (TPSA) is 334 Å². The predicted molar refractivity (Wildman–Crippen MR) is 413 cm³/mol. The van der Waals surface area contributed by atoms with Gasteiger partial charge in [-0.25, -0.2) is 0 Å². The molecule has 9 N–H and O–H groups in total. The Bertz CT molecular complexity index is 3820. The first-order chi connectivity index (χ1) is 53.2. The molecule has 25 heteroatoms. The van der Waals surface area contributed by atoms with Gasteiger partial charge in [-0.15, -0.1) is 0 Å². The Morgan fingerprint density at radius 2 is 0.755 bits per heavy atom. The van der Waals surface area contributed by atoms with Crippen LogP contribution in [0.4, 0.5) is 0 Å². The van der Waals surface area contributed by atoms with Gasteiger partial charge >= 0.3 is 0 Å². The average molecular weight is 1510 g/mol. The van der Waals surface area contributed by atoms with Crippen LogP contribution in [-0.4, -0.2) is 202 Å². The van der Waals surface area contributed by atoms with Crippen LogP contribution in [0.25, 0.3) is 0 Å². The van der Waals surface area contributed by atoms with Gasteiger partial charge in [0.05, 0.1) is 42.3 Å². The number of H-pyrrole nitrogens is 1. The summed E-state index contributed by atoms with van der Waals surface area (Å²) in [4.78, 5) is 73.8. The van der Waals surface area contributed by atoms with Gasteiger partial charge in [0.15, 0.2) is 0 Å². The van der Waals surface area contributed by atoms with Crippen molar-refractivity contribution in [2.75, 3.05) is 93.9 Å². The van der Waals surface area contributed by atoms with Gasteiger partial charge in [-0.3, -0.25) is 48.9 Å². The van der Waals surface area contributed by atoms with Crippen LogP contribution < -0.4 is 22.9 Å². The van der Waals surface area contributed by atoms with E-state index in [1.54, 1.807) is 38.1 Å². The van der Waals surface area contributed by atoms with Crippen molar-refractivity contribution in [1.82, 2.24) is 54.9 Å². The molecule has 0 aromatic carbocycles. The fraction of sp³-hybridized carbons (Fsp3) is 0.694. The highest BCUT2D eigenvalue weighted by atomic mass is 16.5. The molecule has 25 nitrogen and oxygen atoms in total. The standard InChI is InChI=1S/2C23H33N3O3.C20H29N3O2.C19H26N6O2/c2*1-28-23(16-7-8-25-21(11-16)22(24)27)17-3-2-4-18(23)14-26(13-17)12-15-9-19-5-6-20(10-15)29-19;1-19(8-4-9-19)23-12-15-5-3-6-16(13-23)20(15,25-2)14-7-10-22-17(11-14)18(21)24;1-12(17-9-22-24-23-17)25-10-14-4-3-5-15(11-25)19(14,27-2)13-6-7-21-16(8-13)18(20)26/h2*7-8,11,15,17-20H,2-6,9-10,12-14H2,1H3,(H2,24,27);7,10-11,15-16H,3-6,8-9,12-13H2,1-2H3,(H2,21,24);6-9,12,14-15H,3-5,10-11H2,1-2H3,(H2,20,26)(H,22,23,24)/t2*15?,17?,18?,19-,20+,23?;;12-,14?,15?,19?/m...1/s1. The molecule has 5 saturated carbocycles. The van der Waals surface area contributed by atoms with Crippen LogP contribution in [0.1, 0.15) is 237 Å². The number of carbonyl (C=O) groups excluding carboxylic acids is 4. The van der Waals surface area contributed by atoms with E-state index >= 15 is 0 Å². The number of methoxy groups -OCH3 is 4. The number of ether oxygens (including phenoxy) is 6. The summed E-state index contributed by atoms with van der Waals surface area (Å²) in [6, 6.07) is 15.6. The second kappa shape index (κ2) is 33.0. The minimum Gasteiger partial charge on any atom is -0.375 e. The third kappa shape index (κ3) is 15.0. The van der Waals surface area contributed by atoms with Crippen molar-refractivity contribution in [3.63, 3.8) is 0 Å². The molecule has 13 fully saturated rings. The number of nitrogens with two attached hydrogens (primary N) is 4. The lowest BCUT2D eigenvalue weighted by Gasteiger charge is -2.60. The van der Waals surface area contributed by atoms with Crippen LogP contribution in [-0.2, 0) is 50.8 Å². The summed E-state index contributed by atoms with van der Waals surface area (Å²) in [6.07, 6.45) is 38.6. The van der Waals surface area contributed by atoms with Crippen LogP contribution >= 0.6 is 0 Å². The van der Waals surface area contributed by atoms with Gasteiger partial charge in [0.25, 0.3) is 23.6 Å². The van der Waals surface area contributed by atoms with Crippen molar-refractivity contribution in [2.24, 2.45) is 82.1 Å². The van der Waals surface area contributed by atoms with Crippen molar-refractivity contribution < 1.29 is 47.6 Å². The maximum atomic E-state index is 11.7. The fourth-order valence-electron chi connectivity index (χ4n) is 24.5. The van der Waals surface area contributed by atoms with Gasteiger partial charge in [-0.1, -0.05) is 25.7 Å². The van der Waals surface area contributed by atoms with E-state index in [0.29, 0.717) is 100 Å². The monoisotopic (exact) mass is 1510 g/mol. The van der Waals surface area contributed by atoms with Crippen LogP contribution in [0.2, 0.25) is 0 Å². The Balaban J connectivity index is 0.000000117. The summed E-state index contributed by atoms with van der Waals surface area (Å²) in [5.41, 5.74) is 27.4. The second-order valence-corrected chi connectivity index (χ2v) is 35.3. The molecule has 5 aromatic rings. The Morgan fingerprint density at radius 3 is 1.02 bits per heavy atom. The number of nitrogens with zero attached hydrogens (tertiary/aromatic N) is 10. The van der Waals surface area contributed by atoms with Gasteiger partial charge in [0.2, 0.25) is 0 Å². The van der Waals surface area contributed by atoms with E-state index in [1.165, 1.54) is 122 Å². The Kier molecular flexibility index (Phi) is 23.5. The van der Waals surface area contributed by atoms with Crippen molar-refractivity contribution >= 4 is 23.6 Å². The van der Waals surface area contributed by atoms with Crippen molar-refractivity contribution in [3.05, 3.63) is 130 Å². The second-order valence-electron chi connectivity index (χ2n) is 35.3. The molecule has 0 spiro atoms. The number of primary amides is 4. The molecule has 4 amide bonds. The van der Waals surface area contributed by atoms with Gasteiger partial charge in [-0.05, 0) is 218 Å². The SMILES string of the molecule is COC1(c2ccnc(C(N)=O)c2)C2CCCC1CN(C1(C)CCC1)C2.COC1(c2ccnc(C(N)=O)c2)C2CCCC1CN(CC1C[C@H]3CC[C@@H](C1)O3)C2.COC1(c2ccnc(C(N)=O)c2)C2CCCC1CN(CC1C[C@H]3CC[C@@H](C1)O3)C2.COC1(c2ccnc(C(N)=O)c2)C2CCCC1CN([C@H](C)c1cn[nH]n1)C2. The first-order valence-corrected chi connectivity index (χ1v) is 41.6. The number of rotatable bonds is 19. The molecule has 8 saturated heterocycles. The number of pyridine rings is 4. The highest BCUT2D eigenvalue weighted by Crippen LogP contribution is 2.58. The molecule has 12 bridgehead atoms. The molecule has 5 aliphatic carbocycles. The summed E-state index contributed by atoms with van der Waals surface area (Å²) in [7, 11) is 7.28. The summed E-state index contributed by atoms with van der Waals surface area (Å²) >= 11 is 0. The number of piperidine rings is 4. The molecule has 0 radical (unpaired) electrons. The maximum absolute atomic E-state index is 11.7. The van der Waals surface area contributed by atoms with E-state index in [4.69, 9.17) is 51.4 Å². The van der Waals surface area contributed by atoms with E-state index in [0.717, 1.165) is 131 Å². The lowest BCUT2D eigenvalue weighted by molar-refractivity contribution is -0.188. The van der Waals surface area contributed by atoms with Gasteiger partial charge in [0.1, 0.15) is 45.2 Å². The molecule has 8 aliphatic heterocycles. The summed E-state index contributed by atoms with van der Waals surface area (Å²) in [6.45, 7) is 15.2. The quantitative estimate of drug-likeness (QED) is 0.0513. The minimum atomic E-state index is -0.509. The number of carbonyl (C=O) groups is 4. The lowest BCUT2D eigenvalue weighted by atomic mass is 9.61. The van der Waals surface area contributed by atoms with Crippen molar-refractivity contribution in [2.45, 2.75) is 220 Å². The van der Waals surface area contributed by atoms with Gasteiger partial charge in [-0.2, -0.15) is 15.4 Å². The Morgan fingerprint density at radius 1 is 0.455 bits per heavy atom. The molecular formula is C85H121N15O10. The molecule has 10 unspecified atom stereocenters. The third-order valence-electron chi connectivity index (χ3n) is 29.6. The van der Waals surface area contributed by atoms with E-state index in [1.807, 2.05) is 69.9 Å². The molecule has 15 atom stereocenters. The number of hydrogen-bond acceptors (Lipinski definition) is 20. The minimum absolute atomic E-state index is 0.195. The molecule has 5 aromatic heterocycles. The van der Waals surface area contributed by atoms with Crippen LogP contribution in [0, 0.1) is 59.2 Å². The summed E-state index contributed by atoms with van der Waals surface area (Å²) in [5, 5.41) is 10.9. The first kappa shape index (κ1) is 78.5. The van der Waals surface area contributed by atoms with Gasteiger partial charge < -0.3 is 61.2 Å². The van der Waals surface area contributed by atoms with Crippen molar-refractivity contribution in [1.29, 1.82) is 0 Å². The number of aromatic nitrogens is 7. The largest absolute Gasteiger partial charge is 0.375 e. The van der Waals surface area contributed by atoms with E-state index in [-0.39, 0.29) is 22.8 Å². The molecule has 596 valence electrons. The number of aromatic amines is 1. The zero-order chi connectivity index (χ0) is 76.7. The highest BCUT2D eigenvalue weighted by molar-refractivity contribution is 5.92. The lowest BCUT2D eigenvalue weighted by Crippen LogP contribution is -2.65. The maximum Gasteiger partial charge on any atom is 0.267 e. The smallest absolute Gasteiger partial charge is 0.267 e. The predicted octanol–water partition coefficient (Wildman–Crippen LogP) is 9.75. The van der Waals surface area contributed by atoms with E-state index in [9.17, 15) is 19.2 Å². The molecule has 18 rings (SSSR count). The van der Waals surface area contributed by atoms with Crippen LogP contribution in [0.5, 0.6) is 0 Å². The zero-order valence-corrected chi connectivity index (χ0v) is 65.9. The normalized spacial score (nSPS) is 35.8. The molecule has 13 aliphatic rings. The number of amides is 4. The highest BCUT2D eigenvalue weighted by Gasteiger charge is 2.59. The fourth-order valence-corrected chi connectivity index (χ4v) is 24.5. The first-order valence-electron chi connectivity index (χ1n) is 41.6. The molecule has 110 heavy (non-hydrogen) atoms. The average Bonchev–Trinajstić information content (AvgIpc) is 0.733. The number of hydrogen-bond donors (Lipinski definition) is 5. The molecule has 13 heterocycles. The zero-order valence-electron chi connectivity index (χ0n) is 65.9. The van der Waals surface area contributed by atoms with Gasteiger partial charge in [0, 0.05) is 172 Å². The number of nitrogens with one attached hydrogen (secondary N) is 1. The number of fused-ring (bicyclic) bond motifs is 12. The summed E-state index contributed by atoms with van der Waals surface area (Å²) in [5.74, 6) is 2.86. The van der Waals surface area contributed by atoms with Crippen LogP contribution in [0.3, 0.4) is 0 Å². The number of likely N-dealkylation sites (tertiary alicyclic amines) is 4. The third-order valence-corrected chi connectivity index (χ3v) is 29.6. The Labute approximate surface area is 649 Å². The molecular weight excluding hydrogens is 1390 g/mol. The van der Waals surface area contributed by atoms with E-state index < -0.39 is 29.2 Å². The summed E-state index contributed by atoms with van der Waals surface area (Å²) < 4.78 is 37.3. The Hall–Kier alpha value is -6.78. The van der Waals surface area contributed by atoms with Crippen molar-refractivity contribution in [3.8, 4) is 0 Å². The van der Waals surface area contributed by atoms with E-state index in [2.05, 4.69) is 68.8 Å².